The SMILES string of the molecule is CCC[C@H](CCCNCC)OC. The van der Waals surface area contributed by atoms with Gasteiger partial charge in [-0.05, 0) is 32.4 Å². The second-order valence-electron chi connectivity index (χ2n) is 3.14. The molecule has 0 heterocycles. The molecular weight excluding hydrogens is 150 g/mol. The lowest BCUT2D eigenvalue weighted by molar-refractivity contribution is 0.0856. The maximum Gasteiger partial charge on any atom is 0.0571 e. The van der Waals surface area contributed by atoms with Crippen LogP contribution in [0.4, 0.5) is 0 Å². The minimum absolute atomic E-state index is 0.480. The van der Waals surface area contributed by atoms with Crippen LogP contribution in [0.5, 0.6) is 0 Å². The van der Waals surface area contributed by atoms with Crippen molar-refractivity contribution in [3.05, 3.63) is 0 Å². The van der Waals surface area contributed by atoms with Crippen LogP contribution < -0.4 is 5.32 Å². The second-order valence-corrected chi connectivity index (χ2v) is 3.14. The Hall–Kier alpha value is -0.0800. The molecule has 0 aliphatic heterocycles. The molecular formula is C10H23NO. The van der Waals surface area contributed by atoms with Crippen LogP contribution in [0.2, 0.25) is 0 Å². The smallest absolute Gasteiger partial charge is 0.0571 e. The Morgan fingerprint density at radius 1 is 1.25 bits per heavy atom. The molecule has 0 radical (unpaired) electrons. The number of hydrogen-bond acceptors (Lipinski definition) is 2. The van der Waals surface area contributed by atoms with Crippen molar-refractivity contribution in [3.63, 3.8) is 0 Å². The van der Waals surface area contributed by atoms with E-state index in [0.29, 0.717) is 6.10 Å². The Balaban J connectivity index is 3.19. The summed E-state index contributed by atoms with van der Waals surface area (Å²) in [6.07, 6.45) is 5.32. The molecule has 0 spiro atoms. The van der Waals surface area contributed by atoms with Crippen LogP contribution in [0.25, 0.3) is 0 Å². The van der Waals surface area contributed by atoms with E-state index >= 15 is 0 Å². The summed E-state index contributed by atoms with van der Waals surface area (Å²) in [5.41, 5.74) is 0. The molecule has 1 atom stereocenters. The van der Waals surface area contributed by atoms with E-state index in [1.165, 1.54) is 25.7 Å². The van der Waals surface area contributed by atoms with Gasteiger partial charge in [-0.3, -0.25) is 0 Å². The van der Waals surface area contributed by atoms with Crippen LogP contribution in [0.3, 0.4) is 0 Å². The standard InChI is InChI=1S/C10H23NO/c1-4-7-10(12-3)8-6-9-11-5-2/h10-11H,4-9H2,1-3H3/t10-/m1/s1. The lowest BCUT2D eigenvalue weighted by atomic mass is 10.1. The number of rotatable bonds is 8. The third-order valence-corrected chi connectivity index (χ3v) is 2.07. The number of hydrogen-bond donors (Lipinski definition) is 1. The Labute approximate surface area is 76.7 Å². The quantitative estimate of drug-likeness (QED) is 0.568. The molecule has 0 aliphatic carbocycles. The van der Waals surface area contributed by atoms with E-state index in [0.717, 1.165) is 13.1 Å². The zero-order valence-electron chi connectivity index (χ0n) is 8.73. The first kappa shape index (κ1) is 11.9. The Kier molecular flexibility index (Phi) is 8.95. The fraction of sp³-hybridized carbons (Fsp3) is 1.00. The van der Waals surface area contributed by atoms with Crippen molar-refractivity contribution >= 4 is 0 Å². The summed E-state index contributed by atoms with van der Waals surface area (Å²) < 4.78 is 5.34. The monoisotopic (exact) mass is 173 g/mol. The lowest BCUT2D eigenvalue weighted by Gasteiger charge is -2.13. The van der Waals surface area contributed by atoms with E-state index in [-0.39, 0.29) is 0 Å². The summed E-state index contributed by atoms with van der Waals surface area (Å²) in [4.78, 5) is 0. The van der Waals surface area contributed by atoms with Crippen LogP contribution >= 0.6 is 0 Å². The maximum absolute atomic E-state index is 5.34. The van der Waals surface area contributed by atoms with Gasteiger partial charge in [-0.25, -0.2) is 0 Å². The first-order chi connectivity index (χ1) is 5.85. The van der Waals surface area contributed by atoms with Crippen LogP contribution in [-0.2, 0) is 4.74 Å². The van der Waals surface area contributed by atoms with E-state index in [1.54, 1.807) is 0 Å². The summed E-state index contributed by atoms with van der Waals surface area (Å²) >= 11 is 0. The molecule has 12 heavy (non-hydrogen) atoms. The average molecular weight is 173 g/mol. The highest BCUT2D eigenvalue weighted by Gasteiger charge is 2.04. The Bertz CT molecular complexity index is 85.9. The molecule has 0 rings (SSSR count). The van der Waals surface area contributed by atoms with Crippen molar-refractivity contribution in [1.29, 1.82) is 0 Å². The van der Waals surface area contributed by atoms with Crippen molar-refractivity contribution in [1.82, 2.24) is 5.32 Å². The van der Waals surface area contributed by atoms with Gasteiger partial charge in [-0.1, -0.05) is 20.3 Å². The first-order valence-corrected chi connectivity index (χ1v) is 5.08. The van der Waals surface area contributed by atoms with Crippen molar-refractivity contribution in [3.8, 4) is 0 Å². The highest BCUT2D eigenvalue weighted by molar-refractivity contribution is 4.57. The average Bonchev–Trinajstić information content (AvgIpc) is 2.10. The summed E-state index contributed by atoms with van der Waals surface area (Å²) in [5, 5.41) is 3.31. The molecule has 74 valence electrons. The molecule has 0 aromatic carbocycles. The molecule has 0 aromatic rings. The second kappa shape index (κ2) is 9.01. The first-order valence-electron chi connectivity index (χ1n) is 5.08. The molecule has 0 aromatic heterocycles. The summed E-state index contributed by atoms with van der Waals surface area (Å²) in [7, 11) is 1.81. The molecule has 0 fully saturated rings. The molecule has 0 unspecified atom stereocenters. The molecule has 0 saturated carbocycles. The topological polar surface area (TPSA) is 21.3 Å². The highest BCUT2D eigenvalue weighted by Crippen LogP contribution is 2.07. The molecule has 0 amide bonds. The zero-order chi connectivity index (χ0) is 9.23. The van der Waals surface area contributed by atoms with Crippen molar-refractivity contribution < 1.29 is 4.74 Å². The van der Waals surface area contributed by atoms with Gasteiger partial charge >= 0.3 is 0 Å². The van der Waals surface area contributed by atoms with Gasteiger partial charge < -0.3 is 10.1 Å². The van der Waals surface area contributed by atoms with E-state index in [1.807, 2.05) is 7.11 Å². The maximum atomic E-state index is 5.34. The van der Waals surface area contributed by atoms with E-state index < -0.39 is 0 Å². The summed E-state index contributed by atoms with van der Waals surface area (Å²) in [6.45, 7) is 6.54. The van der Waals surface area contributed by atoms with Crippen LogP contribution in [0.1, 0.15) is 39.5 Å². The van der Waals surface area contributed by atoms with Gasteiger partial charge in [0.15, 0.2) is 0 Å². The van der Waals surface area contributed by atoms with Crippen molar-refractivity contribution in [2.24, 2.45) is 0 Å². The van der Waals surface area contributed by atoms with Gasteiger partial charge in [0.25, 0.3) is 0 Å². The third-order valence-electron chi connectivity index (χ3n) is 2.07. The largest absolute Gasteiger partial charge is 0.381 e. The Morgan fingerprint density at radius 2 is 2.00 bits per heavy atom. The van der Waals surface area contributed by atoms with Gasteiger partial charge in [0.2, 0.25) is 0 Å². The molecule has 0 aliphatic rings. The molecule has 0 bridgehead atoms. The predicted octanol–water partition coefficient (Wildman–Crippen LogP) is 2.19. The Morgan fingerprint density at radius 3 is 2.50 bits per heavy atom. The van der Waals surface area contributed by atoms with Gasteiger partial charge in [0.1, 0.15) is 0 Å². The minimum atomic E-state index is 0.480. The zero-order valence-corrected chi connectivity index (χ0v) is 8.73. The molecule has 2 nitrogen and oxygen atoms in total. The number of methoxy groups -OCH3 is 1. The normalized spacial score (nSPS) is 13.2. The van der Waals surface area contributed by atoms with Gasteiger partial charge in [0.05, 0.1) is 6.10 Å². The predicted molar refractivity (Wildman–Crippen MR) is 53.5 cm³/mol. The minimum Gasteiger partial charge on any atom is -0.381 e. The highest BCUT2D eigenvalue weighted by atomic mass is 16.5. The van der Waals surface area contributed by atoms with Gasteiger partial charge in [0, 0.05) is 7.11 Å². The summed E-state index contributed by atoms with van der Waals surface area (Å²) in [5.74, 6) is 0. The van der Waals surface area contributed by atoms with E-state index in [4.69, 9.17) is 4.74 Å². The lowest BCUT2D eigenvalue weighted by Crippen LogP contribution is -2.17. The van der Waals surface area contributed by atoms with Crippen molar-refractivity contribution in [2.45, 2.75) is 45.6 Å². The molecule has 0 saturated heterocycles. The third kappa shape index (κ3) is 6.62. The van der Waals surface area contributed by atoms with Gasteiger partial charge in [-0.2, -0.15) is 0 Å². The molecule has 1 N–H and O–H groups in total. The van der Waals surface area contributed by atoms with Crippen LogP contribution in [0, 0.1) is 0 Å². The van der Waals surface area contributed by atoms with E-state index in [2.05, 4.69) is 19.2 Å². The summed E-state index contributed by atoms with van der Waals surface area (Å²) in [6, 6.07) is 0. The number of ether oxygens (including phenoxy) is 1. The fourth-order valence-corrected chi connectivity index (χ4v) is 1.33. The van der Waals surface area contributed by atoms with E-state index in [9.17, 15) is 0 Å². The number of nitrogens with one attached hydrogen (secondary N) is 1. The molecule has 2 heteroatoms. The van der Waals surface area contributed by atoms with Crippen LogP contribution in [-0.4, -0.2) is 26.3 Å². The fourth-order valence-electron chi connectivity index (χ4n) is 1.33. The van der Waals surface area contributed by atoms with Crippen molar-refractivity contribution in [2.75, 3.05) is 20.2 Å². The van der Waals surface area contributed by atoms with Crippen LogP contribution in [0.15, 0.2) is 0 Å². The van der Waals surface area contributed by atoms with Gasteiger partial charge in [-0.15, -0.1) is 0 Å².